The van der Waals surface area contributed by atoms with Crippen molar-refractivity contribution in [3.05, 3.63) is 101 Å². The lowest BCUT2D eigenvalue weighted by atomic mass is 9.95. The van der Waals surface area contributed by atoms with Gasteiger partial charge in [-0.1, -0.05) is 24.3 Å². The summed E-state index contributed by atoms with van der Waals surface area (Å²) in [5.74, 6) is -0.271. The Kier molecular flexibility index (Phi) is 6.32. The molecule has 0 amide bonds. The molecule has 2 aromatic carbocycles. The Labute approximate surface area is 206 Å². The first-order valence-electron chi connectivity index (χ1n) is 11.4. The summed E-state index contributed by atoms with van der Waals surface area (Å²) in [6.45, 7) is 3.53. The van der Waals surface area contributed by atoms with Crippen molar-refractivity contribution in [2.24, 2.45) is 0 Å². The van der Waals surface area contributed by atoms with E-state index in [1.165, 1.54) is 12.1 Å². The molecule has 1 unspecified atom stereocenters. The van der Waals surface area contributed by atoms with Gasteiger partial charge in [-0.3, -0.25) is 14.6 Å². The molecular formula is C27H23F3N4O2. The zero-order chi connectivity index (χ0) is 25.3. The maximum atomic E-state index is 12.4. The number of pyridine rings is 1. The molecule has 0 radical (unpaired) electrons. The average Bonchev–Trinajstić information content (AvgIpc) is 3.44. The Hall–Kier alpha value is -3.98. The zero-order valence-corrected chi connectivity index (χ0v) is 19.4. The van der Waals surface area contributed by atoms with E-state index in [2.05, 4.69) is 27.0 Å². The fourth-order valence-corrected chi connectivity index (χ4v) is 4.69. The van der Waals surface area contributed by atoms with E-state index in [-0.39, 0.29) is 5.75 Å². The maximum Gasteiger partial charge on any atom is 0.573 e. The molecule has 4 aromatic rings. The smallest absolute Gasteiger partial charge is 0.406 e. The molecule has 0 N–H and O–H groups in total. The van der Waals surface area contributed by atoms with E-state index in [1.807, 2.05) is 47.1 Å². The molecule has 0 saturated heterocycles. The zero-order valence-electron chi connectivity index (χ0n) is 19.4. The van der Waals surface area contributed by atoms with Crippen LogP contribution in [-0.2, 0) is 24.4 Å². The van der Waals surface area contributed by atoms with Gasteiger partial charge in [-0.2, -0.15) is 5.10 Å². The molecule has 0 saturated carbocycles. The molecule has 6 nitrogen and oxygen atoms in total. The summed E-state index contributed by atoms with van der Waals surface area (Å²) < 4.78 is 43.1. The van der Waals surface area contributed by atoms with Crippen LogP contribution in [0.2, 0.25) is 0 Å². The SMILES string of the molecule is Cc1cc(-c2cnn(Cc3ccccn3)c2)cc2c1C(C=O)N(Cc1ccc(OC(F)(F)F)cc1)C2. The summed E-state index contributed by atoms with van der Waals surface area (Å²) in [5, 5.41) is 4.47. The van der Waals surface area contributed by atoms with E-state index in [0.29, 0.717) is 19.6 Å². The van der Waals surface area contributed by atoms with Crippen LogP contribution in [0.15, 0.2) is 73.2 Å². The van der Waals surface area contributed by atoms with Crippen LogP contribution in [0.25, 0.3) is 11.1 Å². The first kappa shape index (κ1) is 23.7. The molecular weight excluding hydrogens is 469 g/mol. The molecule has 5 rings (SSSR count). The molecule has 0 spiro atoms. The minimum Gasteiger partial charge on any atom is -0.406 e. The summed E-state index contributed by atoms with van der Waals surface area (Å²) in [4.78, 5) is 18.4. The van der Waals surface area contributed by atoms with Crippen LogP contribution in [0.4, 0.5) is 13.2 Å². The Morgan fingerprint density at radius 1 is 1.08 bits per heavy atom. The van der Waals surface area contributed by atoms with Crippen molar-refractivity contribution in [2.45, 2.75) is 39.0 Å². The predicted molar refractivity (Wildman–Crippen MR) is 127 cm³/mol. The van der Waals surface area contributed by atoms with Crippen LogP contribution in [-0.4, -0.2) is 32.3 Å². The first-order chi connectivity index (χ1) is 17.3. The number of hydrogen-bond donors (Lipinski definition) is 0. The van der Waals surface area contributed by atoms with E-state index in [1.54, 1.807) is 18.3 Å². The van der Waals surface area contributed by atoms with Crippen molar-refractivity contribution in [2.75, 3.05) is 0 Å². The van der Waals surface area contributed by atoms with Crippen LogP contribution >= 0.6 is 0 Å². The van der Waals surface area contributed by atoms with Crippen LogP contribution in [0, 0.1) is 6.92 Å². The van der Waals surface area contributed by atoms with Gasteiger partial charge in [-0.05, 0) is 65.1 Å². The van der Waals surface area contributed by atoms with E-state index >= 15 is 0 Å². The number of alkyl halides is 3. The largest absolute Gasteiger partial charge is 0.573 e. The summed E-state index contributed by atoms with van der Waals surface area (Å²) >= 11 is 0. The summed E-state index contributed by atoms with van der Waals surface area (Å²) in [5.41, 5.74) is 6.73. The van der Waals surface area contributed by atoms with Crippen LogP contribution in [0.3, 0.4) is 0 Å². The lowest BCUT2D eigenvalue weighted by molar-refractivity contribution is -0.274. The van der Waals surface area contributed by atoms with Crippen molar-refractivity contribution < 1.29 is 22.7 Å². The average molecular weight is 493 g/mol. The number of carbonyl (C=O) groups excluding carboxylic acids is 1. The number of ether oxygens (including phenoxy) is 1. The number of aryl methyl sites for hydroxylation is 1. The van der Waals surface area contributed by atoms with E-state index in [4.69, 9.17) is 0 Å². The van der Waals surface area contributed by atoms with Gasteiger partial charge in [-0.15, -0.1) is 13.2 Å². The van der Waals surface area contributed by atoms with Gasteiger partial charge < -0.3 is 9.53 Å². The molecule has 0 aliphatic carbocycles. The number of rotatable bonds is 7. The molecule has 1 aliphatic heterocycles. The summed E-state index contributed by atoms with van der Waals surface area (Å²) in [6.07, 6.45) is 1.74. The van der Waals surface area contributed by atoms with Gasteiger partial charge in [0.2, 0.25) is 0 Å². The maximum absolute atomic E-state index is 12.4. The molecule has 0 fully saturated rings. The number of halogens is 3. The fraction of sp³-hybridized carbons (Fsp3) is 0.222. The molecule has 1 aliphatic rings. The van der Waals surface area contributed by atoms with Gasteiger partial charge in [-0.25, -0.2) is 0 Å². The van der Waals surface area contributed by atoms with Gasteiger partial charge in [0.15, 0.2) is 0 Å². The van der Waals surface area contributed by atoms with Gasteiger partial charge in [0.1, 0.15) is 12.0 Å². The van der Waals surface area contributed by atoms with Crippen molar-refractivity contribution >= 4 is 6.29 Å². The molecule has 2 aromatic heterocycles. The highest BCUT2D eigenvalue weighted by molar-refractivity contribution is 5.71. The van der Waals surface area contributed by atoms with Gasteiger partial charge in [0, 0.05) is 31.0 Å². The monoisotopic (exact) mass is 492 g/mol. The molecule has 0 bridgehead atoms. The predicted octanol–water partition coefficient (Wildman–Crippen LogP) is 5.46. The first-order valence-corrected chi connectivity index (χ1v) is 11.4. The molecule has 184 valence electrons. The molecule has 1 atom stereocenters. The minimum absolute atomic E-state index is 0.271. The fourth-order valence-electron chi connectivity index (χ4n) is 4.69. The number of nitrogens with zero attached hydrogens (tertiary/aromatic N) is 4. The van der Waals surface area contributed by atoms with Crippen LogP contribution in [0.5, 0.6) is 5.75 Å². The van der Waals surface area contributed by atoms with Crippen LogP contribution in [0.1, 0.15) is 34.0 Å². The summed E-state index contributed by atoms with van der Waals surface area (Å²) in [6, 6.07) is 15.2. The Morgan fingerprint density at radius 2 is 1.89 bits per heavy atom. The van der Waals surface area contributed by atoms with Crippen molar-refractivity contribution in [3.63, 3.8) is 0 Å². The number of benzene rings is 2. The number of hydrogen-bond acceptors (Lipinski definition) is 5. The Balaban J connectivity index is 1.34. The van der Waals surface area contributed by atoms with Gasteiger partial charge in [0.05, 0.1) is 24.5 Å². The second-order valence-electron chi connectivity index (χ2n) is 8.79. The minimum atomic E-state index is -4.73. The van der Waals surface area contributed by atoms with Gasteiger partial charge >= 0.3 is 6.36 Å². The standard InChI is InChI=1S/C27H23F3N4O2/c1-18-10-20(22-12-32-34(15-22)16-23-4-2-3-9-31-23)11-21-14-33(25(17-35)26(18)21)13-19-5-7-24(8-6-19)36-27(28,29)30/h2-12,15,17,25H,13-14,16H2,1H3. The van der Waals surface area contributed by atoms with Crippen LogP contribution < -0.4 is 4.74 Å². The lowest BCUT2D eigenvalue weighted by Crippen LogP contribution is -2.23. The lowest BCUT2D eigenvalue weighted by Gasteiger charge is -2.21. The van der Waals surface area contributed by atoms with Crippen molar-refractivity contribution in [1.29, 1.82) is 0 Å². The van der Waals surface area contributed by atoms with E-state index < -0.39 is 12.4 Å². The summed E-state index contributed by atoms with van der Waals surface area (Å²) in [7, 11) is 0. The topological polar surface area (TPSA) is 60.2 Å². The second-order valence-corrected chi connectivity index (χ2v) is 8.79. The number of aldehydes is 1. The number of fused-ring (bicyclic) bond motifs is 1. The number of carbonyl (C=O) groups is 1. The third-order valence-corrected chi connectivity index (χ3v) is 6.22. The normalized spacial score (nSPS) is 15.6. The highest BCUT2D eigenvalue weighted by Gasteiger charge is 2.33. The molecule has 36 heavy (non-hydrogen) atoms. The van der Waals surface area contributed by atoms with E-state index in [9.17, 15) is 18.0 Å². The van der Waals surface area contributed by atoms with E-state index in [0.717, 1.165) is 45.4 Å². The molecule has 9 heteroatoms. The third kappa shape index (κ3) is 5.16. The molecule has 3 heterocycles. The van der Waals surface area contributed by atoms with Crippen molar-refractivity contribution in [1.82, 2.24) is 19.7 Å². The van der Waals surface area contributed by atoms with Gasteiger partial charge in [0.25, 0.3) is 0 Å². The second kappa shape index (κ2) is 9.58. The Morgan fingerprint density at radius 3 is 2.58 bits per heavy atom. The highest BCUT2D eigenvalue weighted by atomic mass is 19.4. The quantitative estimate of drug-likeness (QED) is 0.321. The highest BCUT2D eigenvalue weighted by Crippen LogP contribution is 2.38. The number of aromatic nitrogens is 3. The van der Waals surface area contributed by atoms with Crippen molar-refractivity contribution in [3.8, 4) is 16.9 Å². The Bertz CT molecular complexity index is 1370. The third-order valence-electron chi connectivity index (χ3n) is 6.22.